The zero-order valence-corrected chi connectivity index (χ0v) is 12.6. The van der Waals surface area contributed by atoms with Gasteiger partial charge < -0.3 is 15.6 Å². The number of non-ortho nitro benzene ring substituents is 1. The maximum Gasteiger partial charge on any atom is 0.272 e. The van der Waals surface area contributed by atoms with Crippen LogP contribution in [0, 0.1) is 10.1 Å². The van der Waals surface area contributed by atoms with E-state index < -0.39 is 10.8 Å². The van der Waals surface area contributed by atoms with E-state index >= 15 is 0 Å². The molecule has 0 unspecified atom stereocenters. The summed E-state index contributed by atoms with van der Waals surface area (Å²) in [6, 6.07) is 8.04. The fourth-order valence-corrected chi connectivity index (χ4v) is 1.86. The lowest BCUT2D eigenvalue weighted by atomic mass is 10.1. The van der Waals surface area contributed by atoms with Crippen LogP contribution in [-0.2, 0) is 0 Å². The number of methoxy groups -OCH3 is 1. The van der Waals surface area contributed by atoms with E-state index in [-0.39, 0.29) is 22.7 Å². The Morgan fingerprint density at radius 1 is 1.38 bits per heavy atom. The molecule has 2 rings (SSSR count). The molecule has 0 saturated heterocycles. The number of rotatable bonds is 5. The number of carbonyl (C=O) groups is 1. The van der Waals surface area contributed by atoms with Crippen molar-refractivity contribution >= 4 is 23.5 Å². The van der Waals surface area contributed by atoms with Gasteiger partial charge in [0.15, 0.2) is 0 Å². The third kappa shape index (κ3) is 3.97. The minimum absolute atomic E-state index is 0.00582. The van der Waals surface area contributed by atoms with Crippen LogP contribution in [0.4, 0.5) is 11.4 Å². The van der Waals surface area contributed by atoms with Crippen LogP contribution in [0.15, 0.2) is 41.5 Å². The number of nitro groups is 1. The van der Waals surface area contributed by atoms with Crippen LogP contribution < -0.4 is 15.9 Å². The van der Waals surface area contributed by atoms with E-state index in [4.69, 9.17) is 10.5 Å². The molecule has 124 valence electrons. The number of hydrogen-bond donors (Lipinski definition) is 3. The van der Waals surface area contributed by atoms with Gasteiger partial charge in [0.25, 0.3) is 11.6 Å². The predicted octanol–water partition coefficient (Wildman–Crippen LogP) is 1.66. The first-order valence-electron chi connectivity index (χ1n) is 6.66. The zero-order chi connectivity index (χ0) is 17.7. The second-order valence-corrected chi connectivity index (χ2v) is 4.69. The molecule has 0 aliphatic heterocycles. The molecule has 24 heavy (non-hydrogen) atoms. The highest BCUT2D eigenvalue weighted by molar-refractivity contribution is 5.96. The lowest BCUT2D eigenvalue weighted by Gasteiger charge is -2.04. The number of hydrazone groups is 1. The van der Waals surface area contributed by atoms with Crippen LogP contribution in [0.1, 0.15) is 15.9 Å². The summed E-state index contributed by atoms with van der Waals surface area (Å²) < 4.78 is 5.02. The Balaban J connectivity index is 2.15. The fourth-order valence-electron chi connectivity index (χ4n) is 1.86. The third-order valence-electron chi connectivity index (χ3n) is 3.02. The van der Waals surface area contributed by atoms with Gasteiger partial charge in [-0.25, -0.2) is 5.43 Å². The van der Waals surface area contributed by atoms with Gasteiger partial charge in [-0.1, -0.05) is 0 Å². The van der Waals surface area contributed by atoms with Gasteiger partial charge in [-0.15, -0.1) is 0 Å². The van der Waals surface area contributed by atoms with Gasteiger partial charge in [0.2, 0.25) is 0 Å². The molecule has 0 spiro atoms. The first-order chi connectivity index (χ1) is 11.4. The van der Waals surface area contributed by atoms with Gasteiger partial charge in [-0.05, 0) is 24.3 Å². The molecule has 0 atom stereocenters. The monoisotopic (exact) mass is 330 g/mol. The van der Waals surface area contributed by atoms with Crippen molar-refractivity contribution in [2.24, 2.45) is 5.10 Å². The molecule has 0 aliphatic carbocycles. The van der Waals surface area contributed by atoms with Crippen molar-refractivity contribution in [2.45, 2.75) is 0 Å². The number of nitrogen functional groups attached to an aromatic ring is 1. The van der Waals surface area contributed by atoms with Gasteiger partial charge in [-0.3, -0.25) is 14.9 Å². The molecule has 0 aromatic heterocycles. The maximum atomic E-state index is 12.0. The molecular formula is C15H14N4O5. The van der Waals surface area contributed by atoms with Crippen LogP contribution in [0.3, 0.4) is 0 Å². The van der Waals surface area contributed by atoms with Gasteiger partial charge in [0.05, 0.1) is 23.8 Å². The van der Waals surface area contributed by atoms with E-state index in [0.717, 1.165) is 12.1 Å². The Kier molecular flexibility index (Phi) is 4.95. The number of anilines is 1. The smallest absolute Gasteiger partial charge is 0.272 e. The summed E-state index contributed by atoms with van der Waals surface area (Å²) in [7, 11) is 1.47. The predicted molar refractivity (Wildman–Crippen MR) is 87.2 cm³/mol. The topological polar surface area (TPSA) is 140 Å². The van der Waals surface area contributed by atoms with Crippen molar-refractivity contribution in [3.8, 4) is 11.5 Å². The number of amides is 1. The standard InChI is InChI=1S/C15H14N4O5/c1-24-13-2-3-14(20)10(6-13)8-17-18-15(21)9-4-11(16)7-12(5-9)19(22)23/h2-8,20H,16H2,1H3,(H,18,21)/b17-8+. The number of phenols is 1. The summed E-state index contributed by atoms with van der Waals surface area (Å²) >= 11 is 0. The molecule has 9 heteroatoms. The number of aromatic hydroxyl groups is 1. The van der Waals surface area contributed by atoms with E-state index in [9.17, 15) is 20.0 Å². The quantitative estimate of drug-likeness (QED) is 0.329. The van der Waals surface area contributed by atoms with Crippen LogP contribution in [0.25, 0.3) is 0 Å². The Morgan fingerprint density at radius 3 is 2.79 bits per heavy atom. The van der Waals surface area contributed by atoms with Crippen LogP contribution in [-0.4, -0.2) is 29.3 Å². The number of nitro benzene ring substituents is 1. The van der Waals surface area contributed by atoms with Crippen molar-refractivity contribution in [3.05, 3.63) is 57.6 Å². The molecule has 0 aliphatic rings. The van der Waals surface area contributed by atoms with Crippen LogP contribution in [0.5, 0.6) is 11.5 Å². The summed E-state index contributed by atoms with van der Waals surface area (Å²) in [5.41, 5.74) is 7.85. The Hall–Kier alpha value is -3.62. The number of carbonyl (C=O) groups excluding carboxylic acids is 1. The molecule has 0 radical (unpaired) electrons. The zero-order valence-electron chi connectivity index (χ0n) is 12.6. The molecule has 0 heterocycles. The first-order valence-corrected chi connectivity index (χ1v) is 6.66. The summed E-state index contributed by atoms with van der Waals surface area (Å²) in [4.78, 5) is 22.1. The van der Waals surface area contributed by atoms with Gasteiger partial charge in [-0.2, -0.15) is 5.10 Å². The minimum atomic E-state index is -0.677. The summed E-state index contributed by atoms with van der Waals surface area (Å²) in [5, 5.41) is 24.2. The van der Waals surface area contributed by atoms with E-state index in [1.165, 1.54) is 31.5 Å². The SMILES string of the molecule is COc1ccc(O)c(/C=N/NC(=O)c2cc(N)cc([N+](=O)[O-])c2)c1. The second-order valence-electron chi connectivity index (χ2n) is 4.69. The highest BCUT2D eigenvalue weighted by Gasteiger charge is 2.13. The largest absolute Gasteiger partial charge is 0.507 e. The number of nitrogens with two attached hydrogens (primary N) is 1. The van der Waals surface area contributed by atoms with Crippen molar-refractivity contribution in [1.29, 1.82) is 0 Å². The molecule has 4 N–H and O–H groups in total. The van der Waals surface area contributed by atoms with Crippen molar-refractivity contribution in [3.63, 3.8) is 0 Å². The lowest BCUT2D eigenvalue weighted by molar-refractivity contribution is -0.384. The summed E-state index contributed by atoms with van der Waals surface area (Å²) in [6.07, 6.45) is 1.22. The van der Waals surface area contributed by atoms with E-state index in [1.54, 1.807) is 6.07 Å². The Bertz CT molecular complexity index is 820. The average Bonchev–Trinajstić information content (AvgIpc) is 2.55. The van der Waals surface area contributed by atoms with E-state index in [0.29, 0.717) is 11.3 Å². The van der Waals surface area contributed by atoms with Gasteiger partial charge in [0.1, 0.15) is 11.5 Å². The number of nitrogens with zero attached hydrogens (tertiary/aromatic N) is 2. The number of nitrogens with one attached hydrogen (secondary N) is 1. The molecule has 1 amide bonds. The molecule has 0 saturated carbocycles. The van der Waals surface area contributed by atoms with Crippen molar-refractivity contribution in [2.75, 3.05) is 12.8 Å². The number of ether oxygens (including phenoxy) is 1. The van der Waals surface area contributed by atoms with E-state index in [2.05, 4.69) is 10.5 Å². The van der Waals surface area contributed by atoms with Crippen molar-refractivity contribution in [1.82, 2.24) is 5.43 Å². The van der Waals surface area contributed by atoms with Crippen LogP contribution >= 0.6 is 0 Å². The van der Waals surface area contributed by atoms with Crippen LogP contribution in [0.2, 0.25) is 0 Å². The van der Waals surface area contributed by atoms with Gasteiger partial charge >= 0.3 is 0 Å². The number of hydrogen-bond acceptors (Lipinski definition) is 7. The van der Waals surface area contributed by atoms with E-state index in [1.807, 2.05) is 0 Å². The van der Waals surface area contributed by atoms with Crippen molar-refractivity contribution < 1.29 is 19.6 Å². The summed E-state index contributed by atoms with van der Waals surface area (Å²) in [5.74, 6) is -0.218. The molecule has 0 bridgehead atoms. The average molecular weight is 330 g/mol. The highest BCUT2D eigenvalue weighted by Crippen LogP contribution is 2.21. The third-order valence-corrected chi connectivity index (χ3v) is 3.02. The maximum absolute atomic E-state index is 12.0. The Morgan fingerprint density at radius 2 is 2.12 bits per heavy atom. The number of benzene rings is 2. The molecule has 2 aromatic carbocycles. The molecular weight excluding hydrogens is 316 g/mol. The normalized spacial score (nSPS) is 10.5. The molecule has 0 fully saturated rings. The fraction of sp³-hybridized carbons (Fsp3) is 0.0667. The molecule has 2 aromatic rings. The lowest BCUT2D eigenvalue weighted by Crippen LogP contribution is -2.18. The molecule has 9 nitrogen and oxygen atoms in total. The highest BCUT2D eigenvalue weighted by atomic mass is 16.6. The van der Waals surface area contributed by atoms with Gasteiger partial charge in [0, 0.05) is 23.4 Å². The second kappa shape index (κ2) is 7.09. The summed E-state index contributed by atoms with van der Waals surface area (Å²) in [6.45, 7) is 0. The minimum Gasteiger partial charge on any atom is -0.507 e. The number of phenolic OH excluding ortho intramolecular Hbond substituents is 1. The Labute approximate surface area is 136 Å². The first kappa shape index (κ1) is 16.7.